The number of hydrogen-bond donors (Lipinski definition) is 0. The van der Waals surface area contributed by atoms with E-state index < -0.39 is 0 Å². The summed E-state index contributed by atoms with van der Waals surface area (Å²) in [5, 5.41) is 0. The van der Waals surface area contributed by atoms with Gasteiger partial charge in [0.1, 0.15) is 6.61 Å². The van der Waals surface area contributed by atoms with E-state index in [1.807, 2.05) is 30.3 Å². The van der Waals surface area contributed by atoms with Crippen molar-refractivity contribution in [2.24, 2.45) is 0 Å². The standard InChI is InChI=1S/C28H43NO2/c1-2-3-4-5-6-7-8-9-10-11-12-13-14-18-22-27-23-19-24-29(27)28(30)31-25-26-20-16-15-17-21-26/h15-17,20-21,27H,2-14,19,23-25H2,1H3. The zero-order chi connectivity index (χ0) is 22.0. The molecule has 1 aliphatic rings. The lowest BCUT2D eigenvalue weighted by atomic mass is 10.0. The molecule has 3 heteroatoms. The van der Waals surface area contributed by atoms with Crippen molar-refractivity contribution in [1.29, 1.82) is 0 Å². The van der Waals surface area contributed by atoms with Crippen LogP contribution in [0.5, 0.6) is 0 Å². The Bertz CT molecular complexity index is 646. The molecule has 172 valence electrons. The number of unbranched alkanes of at least 4 members (excludes halogenated alkanes) is 12. The molecule has 3 nitrogen and oxygen atoms in total. The Balaban J connectivity index is 1.49. The van der Waals surface area contributed by atoms with Gasteiger partial charge in [0, 0.05) is 13.0 Å². The molecule has 1 heterocycles. The Morgan fingerprint density at radius 1 is 0.935 bits per heavy atom. The molecule has 1 fully saturated rings. The van der Waals surface area contributed by atoms with E-state index in [0.29, 0.717) is 6.61 Å². The summed E-state index contributed by atoms with van der Waals surface area (Å²) in [4.78, 5) is 14.2. The second-order valence-corrected chi connectivity index (χ2v) is 8.85. The van der Waals surface area contributed by atoms with Crippen molar-refractivity contribution < 1.29 is 9.53 Å². The maximum Gasteiger partial charge on any atom is 0.411 e. The fourth-order valence-electron chi connectivity index (χ4n) is 4.18. The molecule has 0 aliphatic carbocycles. The van der Waals surface area contributed by atoms with Gasteiger partial charge < -0.3 is 4.74 Å². The van der Waals surface area contributed by atoms with Gasteiger partial charge in [-0.15, -0.1) is 5.92 Å². The number of carbonyl (C=O) groups excluding carboxylic acids is 1. The van der Waals surface area contributed by atoms with Crippen molar-refractivity contribution >= 4 is 6.09 Å². The van der Waals surface area contributed by atoms with Crippen molar-refractivity contribution in [2.75, 3.05) is 6.54 Å². The molecule has 2 rings (SSSR count). The Kier molecular flexibility index (Phi) is 13.6. The maximum absolute atomic E-state index is 12.4. The van der Waals surface area contributed by atoms with Crippen LogP contribution in [0.3, 0.4) is 0 Å². The molecule has 31 heavy (non-hydrogen) atoms. The van der Waals surface area contributed by atoms with Gasteiger partial charge in [-0.3, -0.25) is 4.90 Å². The summed E-state index contributed by atoms with van der Waals surface area (Å²) in [6.07, 6.45) is 19.1. The zero-order valence-corrected chi connectivity index (χ0v) is 19.7. The summed E-state index contributed by atoms with van der Waals surface area (Å²) in [5.41, 5.74) is 1.02. The molecule has 1 aromatic rings. The summed E-state index contributed by atoms with van der Waals surface area (Å²) >= 11 is 0. The molecular formula is C28H43NO2. The first kappa shape index (κ1) is 25.3. The predicted octanol–water partition coefficient (Wildman–Crippen LogP) is 7.88. The van der Waals surface area contributed by atoms with Crippen LogP contribution in [0.4, 0.5) is 4.79 Å². The molecule has 1 saturated heterocycles. The molecule has 0 spiro atoms. The van der Waals surface area contributed by atoms with E-state index in [4.69, 9.17) is 4.74 Å². The molecule has 0 aromatic heterocycles. The third-order valence-electron chi connectivity index (χ3n) is 6.12. The lowest BCUT2D eigenvalue weighted by Crippen LogP contribution is -2.35. The quantitative estimate of drug-likeness (QED) is 0.224. The number of ether oxygens (including phenoxy) is 1. The van der Waals surface area contributed by atoms with Crippen LogP contribution in [-0.2, 0) is 11.3 Å². The Morgan fingerprint density at radius 2 is 1.55 bits per heavy atom. The van der Waals surface area contributed by atoms with E-state index in [2.05, 4.69) is 18.8 Å². The number of benzene rings is 1. The van der Waals surface area contributed by atoms with Gasteiger partial charge in [-0.1, -0.05) is 114 Å². The van der Waals surface area contributed by atoms with Gasteiger partial charge in [-0.05, 0) is 24.8 Å². The topological polar surface area (TPSA) is 29.5 Å². The van der Waals surface area contributed by atoms with Gasteiger partial charge in [-0.2, -0.15) is 0 Å². The summed E-state index contributed by atoms with van der Waals surface area (Å²) in [7, 11) is 0. The highest BCUT2D eigenvalue weighted by atomic mass is 16.6. The smallest absolute Gasteiger partial charge is 0.411 e. The fourth-order valence-corrected chi connectivity index (χ4v) is 4.18. The van der Waals surface area contributed by atoms with Crippen LogP contribution in [0.1, 0.15) is 109 Å². The molecule has 0 bridgehead atoms. The lowest BCUT2D eigenvalue weighted by molar-refractivity contribution is 0.0984. The molecule has 1 aromatic carbocycles. The van der Waals surface area contributed by atoms with Crippen LogP contribution in [-0.4, -0.2) is 23.6 Å². The minimum atomic E-state index is -0.231. The van der Waals surface area contributed by atoms with Gasteiger partial charge >= 0.3 is 6.09 Å². The summed E-state index contributed by atoms with van der Waals surface area (Å²) in [6.45, 7) is 3.36. The van der Waals surface area contributed by atoms with Crippen LogP contribution in [0.15, 0.2) is 30.3 Å². The largest absolute Gasteiger partial charge is 0.445 e. The second kappa shape index (κ2) is 16.7. The first-order valence-electron chi connectivity index (χ1n) is 12.8. The molecule has 1 amide bonds. The molecule has 1 aliphatic heterocycles. The number of amides is 1. The molecule has 1 unspecified atom stereocenters. The van der Waals surface area contributed by atoms with Crippen molar-refractivity contribution in [3.8, 4) is 11.8 Å². The lowest BCUT2D eigenvalue weighted by Gasteiger charge is -2.20. The van der Waals surface area contributed by atoms with E-state index in [-0.39, 0.29) is 12.1 Å². The molecular weight excluding hydrogens is 382 g/mol. The first-order valence-corrected chi connectivity index (χ1v) is 12.8. The molecule has 1 atom stereocenters. The van der Waals surface area contributed by atoms with E-state index in [9.17, 15) is 4.79 Å². The summed E-state index contributed by atoms with van der Waals surface area (Å²) < 4.78 is 5.49. The third kappa shape index (κ3) is 11.3. The first-order chi connectivity index (χ1) is 15.3. The van der Waals surface area contributed by atoms with Crippen LogP contribution in [0.25, 0.3) is 0 Å². The number of likely N-dealkylation sites (tertiary alicyclic amines) is 1. The van der Waals surface area contributed by atoms with Crippen molar-refractivity contribution in [1.82, 2.24) is 4.90 Å². The summed E-state index contributed by atoms with van der Waals surface area (Å²) in [5.74, 6) is 6.65. The minimum absolute atomic E-state index is 0.0283. The van der Waals surface area contributed by atoms with Gasteiger partial charge in [0.2, 0.25) is 0 Å². The average molecular weight is 426 g/mol. The molecule has 0 N–H and O–H groups in total. The van der Waals surface area contributed by atoms with E-state index in [1.165, 1.54) is 77.0 Å². The minimum Gasteiger partial charge on any atom is -0.445 e. The van der Waals surface area contributed by atoms with E-state index in [1.54, 1.807) is 4.90 Å². The third-order valence-corrected chi connectivity index (χ3v) is 6.12. The number of rotatable bonds is 14. The normalized spacial score (nSPS) is 15.5. The summed E-state index contributed by atoms with van der Waals surface area (Å²) in [6, 6.07) is 9.87. The van der Waals surface area contributed by atoms with Crippen molar-refractivity contribution in [2.45, 2.75) is 116 Å². The maximum atomic E-state index is 12.4. The van der Waals surface area contributed by atoms with Gasteiger partial charge in [0.15, 0.2) is 0 Å². The predicted molar refractivity (Wildman–Crippen MR) is 130 cm³/mol. The van der Waals surface area contributed by atoms with Crippen molar-refractivity contribution in [3.63, 3.8) is 0 Å². The Morgan fingerprint density at radius 3 is 2.19 bits per heavy atom. The van der Waals surface area contributed by atoms with Crippen LogP contribution in [0, 0.1) is 11.8 Å². The SMILES string of the molecule is CCCCCCCCCCCCCCC#CC1CCCN1C(=O)OCc1ccccc1. The van der Waals surface area contributed by atoms with Crippen LogP contribution in [0.2, 0.25) is 0 Å². The fraction of sp³-hybridized carbons (Fsp3) is 0.679. The van der Waals surface area contributed by atoms with Gasteiger partial charge in [0.25, 0.3) is 0 Å². The van der Waals surface area contributed by atoms with E-state index >= 15 is 0 Å². The highest BCUT2D eigenvalue weighted by Crippen LogP contribution is 2.18. The highest BCUT2D eigenvalue weighted by molar-refractivity contribution is 5.69. The molecule has 0 saturated carbocycles. The molecule has 0 radical (unpaired) electrons. The van der Waals surface area contributed by atoms with Crippen molar-refractivity contribution in [3.05, 3.63) is 35.9 Å². The number of nitrogens with zero attached hydrogens (tertiary/aromatic N) is 1. The Labute approximate surface area is 190 Å². The number of carbonyl (C=O) groups is 1. The van der Waals surface area contributed by atoms with E-state index in [0.717, 1.165) is 31.4 Å². The number of hydrogen-bond acceptors (Lipinski definition) is 2. The van der Waals surface area contributed by atoms with Crippen LogP contribution >= 0.6 is 0 Å². The van der Waals surface area contributed by atoms with Gasteiger partial charge in [0.05, 0.1) is 6.04 Å². The van der Waals surface area contributed by atoms with Gasteiger partial charge in [-0.25, -0.2) is 4.79 Å². The second-order valence-electron chi connectivity index (χ2n) is 8.85. The highest BCUT2D eigenvalue weighted by Gasteiger charge is 2.28. The van der Waals surface area contributed by atoms with Crippen LogP contribution < -0.4 is 0 Å². The average Bonchev–Trinajstić information content (AvgIpc) is 3.27. The monoisotopic (exact) mass is 425 g/mol. The Hall–Kier alpha value is -1.95. The zero-order valence-electron chi connectivity index (χ0n) is 19.7.